The zero-order valence-electron chi connectivity index (χ0n) is 11.5. The average molecular weight is 268 g/mol. The molecule has 7 nitrogen and oxygen atoms in total. The van der Waals surface area contributed by atoms with Crippen LogP contribution < -0.4 is 5.73 Å². The van der Waals surface area contributed by atoms with E-state index in [0.29, 0.717) is 18.5 Å². The summed E-state index contributed by atoms with van der Waals surface area (Å²) in [4.78, 5) is 23.2. The highest BCUT2D eigenvalue weighted by Crippen LogP contribution is 2.17. The molecule has 0 spiro atoms. The fraction of sp³-hybridized carbons (Fsp3) is 0.667. The molecule has 0 saturated carbocycles. The van der Waals surface area contributed by atoms with Crippen LogP contribution in [0, 0.1) is 0 Å². The second-order valence-corrected chi connectivity index (χ2v) is 4.13. The Morgan fingerprint density at radius 3 is 2.53 bits per heavy atom. The first-order chi connectivity index (χ1) is 9.06. The number of nitrogens with zero attached hydrogens (tertiary/aromatic N) is 3. The highest BCUT2D eigenvalue weighted by Gasteiger charge is 2.26. The summed E-state index contributed by atoms with van der Waals surface area (Å²) in [7, 11) is 0. The first kappa shape index (κ1) is 15.1. The lowest BCUT2D eigenvalue weighted by Crippen LogP contribution is -2.28. The summed E-state index contributed by atoms with van der Waals surface area (Å²) in [6, 6.07) is -0.586. The minimum Gasteiger partial charge on any atom is -0.461 e. The maximum absolute atomic E-state index is 11.8. The minimum atomic E-state index is -0.586. The first-order valence-corrected chi connectivity index (χ1v) is 6.47. The fourth-order valence-corrected chi connectivity index (χ4v) is 1.89. The van der Waals surface area contributed by atoms with E-state index in [4.69, 9.17) is 10.5 Å². The Kier molecular flexibility index (Phi) is 5.47. The number of hydrogen-bond donors (Lipinski definition) is 1. The van der Waals surface area contributed by atoms with E-state index in [2.05, 4.69) is 10.3 Å². The van der Waals surface area contributed by atoms with E-state index in [0.717, 1.165) is 6.42 Å². The zero-order chi connectivity index (χ0) is 14.4. The van der Waals surface area contributed by atoms with Crippen LogP contribution in [0.15, 0.2) is 0 Å². The van der Waals surface area contributed by atoms with Crippen LogP contribution in [-0.2, 0) is 16.0 Å². The van der Waals surface area contributed by atoms with Gasteiger partial charge in [-0.3, -0.25) is 4.79 Å². The van der Waals surface area contributed by atoms with Gasteiger partial charge in [0, 0.05) is 0 Å². The van der Waals surface area contributed by atoms with Gasteiger partial charge in [-0.2, -0.15) is 0 Å². The molecule has 0 radical (unpaired) electrons. The van der Waals surface area contributed by atoms with E-state index in [1.807, 2.05) is 13.8 Å². The standard InChI is InChI=1S/C12H20N4O3/c1-4-7-9-10(12(18)19-6-3)14-15-16(9)8(5-2)11(13)17/h8H,4-7H2,1-3H3,(H2,13,17). The number of nitrogens with two attached hydrogens (primary N) is 1. The summed E-state index contributed by atoms with van der Waals surface area (Å²) in [5, 5.41) is 7.73. The van der Waals surface area contributed by atoms with Crippen molar-refractivity contribution in [2.75, 3.05) is 6.61 Å². The number of amides is 1. The molecule has 1 aromatic rings. The molecular formula is C12H20N4O3. The Morgan fingerprint density at radius 2 is 2.05 bits per heavy atom. The smallest absolute Gasteiger partial charge is 0.360 e. The molecule has 0 aromatic carbocycles. The maximum Gasteiger partial charge on any atom is 0.360 e. The largest absolute Gasteiger partial charge is 0.461 e. The van der Waals surface area contributed by atoms with Gasteiger partial charge in [0.25, 0.3) is 0 Å². The molecule has 1 atom stereocenters. The van der Waals surface area contributed by atoms with Crippen LogP contribution in [0.25, 0.3) is 0 Å². The summed E-state index contributed by atoms with van der Waals surface area (Å²) in [5.41, 5.74) is 6.12. The third-order valence-corrected chi connectivity index (χ3v) is 2.76. The predicted octanol–water partition coefficient (Wildman–Crippen LogP) is 0.844. The summed E-state index contributed by atoms with van der Waals surface area (Å²) >= 11 is 0. The molecule has 19 heavy (non-hydrogen) atoms. The molecule has 1 amide bonds. The monoisotopic (exact) mass is 268 g/mol. The third kappa shape index (κ3) is 3.30. The number of rotatable bonds is 7. The summed E-state index contributed by atoms with van der Waals surface area (Å²) < 4.78 is 6.37. The van der Waals surface area contributed by atoms with Gasteiger partial charge in [0.15, 0.2) is 5.69 Å². The van der Waals surface area contributed by atoms with Crippen molar-refractivity contribution < 1.29 is 14.3 Å². The zero-order valence-corrected chi connectivity index (χ0v) is 11.5. The average Bonchev–Trinajstić information content (AvgIpc) is 2.75. The lowest BCUT2D eigenvalue weighted by Gasteiger charge is -2.14. The van der Waals surface area contributed by atoms with Gasteiger partial charge < -0.3 is 10.5 Å². The lowest BCUT2D eigenvalue weighted by atomic mass is 10.1. The Balaban J connectivity index is 3.19. The molecule has 1 heterocycles. The SMILES string of the molecule is CCCc1c(C(=O)OCC)nnn1C(CC)C(N)=O. The van der Waals surface area contributed by atoms with Gasteiger partial charge in [-0.15, -0.1) is 5.10 Å². The predicted molar refractivity (Wildman–Crippen MR) is 68.5 cm³/mol. The Hall–Kier alpha value is -1.92. The van der Waals surface area contributed by atoms with Gasteiger partial charge in [0.05, 0.1) is 12.3 Å². The van der Waals surface area contributed by atoms with Crippen molar-refractivity contribution in [1.82, 2.24) is 15.0 Å². The van der Waals surface area contributed by atoms with E-state index < -0.39 is 17.9 Å². The number of ether oxygens (including phenoxy) is 1. The normalized spacial score (nSPS) is 12.2. The highest BCUT2D eigenvalue weighted by atomic mass is 16.5. The Labute approximate surface area is 112 Å². The molecule has 0 aliphatic rings. The molecule has 106 valence electrons. The van der Waals surface area contributed by atoms with Gasteiger partial charge >= 0.3 is 5.97 Å². The van der Waals surface area contributed by atoms with Crippen LogP contribution in [0.4, 0.5) is 0 Å². The molecule has 1 rings (SSSR count). The Morgan fingerprint density at radius 1 is 1.37 bits per heavy atom. The van der Waals surface area contributed by atoms with Gasteiger partial charge in [-0.25, -0.2) is 9.48 Å². The highest BCUT2D eigenvalue weighted by molar-refractivity contribution is 5.88. The number of carbonyl (C=O) groups excluding carboxylic acids is 2. The topological polar surface area (TPSA) is 100 Å². The van der Waals surface area contributed by atoms with E-state index in [1.54, 1.807) is 6.92 Å². The number of hydrogen-bond acceptors (Lipinski definition) is 5. The molecule has 0 fully saturated rings. The number of aromatic nitrogens is 3. The van der Waals surface area contributed by atoms with Gasteiger partial charge in [-0.05, 0) is 19.8 Å². The molecule has 0 saturated heterocycles. The second-order valence-electron chi connectivity index (χ2n) is 4.13. The van der Waals surface area contributed by atoms with Gasteiger partial charge in [0.1, 0.15) is 6.04 Å². The molecule has 0 aliphatic carbocycles. The number of primary amides is 1. The number of esters is 1. The molecule has 0 bridgehead atoms. The van der Waals surface area contributed by atoms with Crippen LogP contribution in [-0.4, -0.2) is 33.5 Å². The Bertz CT molecular complexity index is 456. The van der Waals surface area contributed by atoms with Crippen molar-refractivity contribution in [3.05, 3.63) is 11.4 Å². The van der Waals surface area contributed by atoms with Crippen molar-refractivity contribution in [2.45, 2.75) is 46.1 Å². The number of carbonyl (C=O) groups is 2. The van der Waals surface area contributed by atoms with Gasteiger partial charge in [0.2, 0.25) is 5.91 Å². The molecule has 1 aromatic heterocycles. The summed E-state index contributed by atoms with van der Waals surface area (Å²) in [6.07, 6.45) is 1.89. The lowest BCUT2D eigenvalue weighted by molar-refractivity contribution is -0.121. The second kappa shape index (κ2) is 6.86. The molecular weight excluding hydrogens is 248 g/mol. The quantitative estimate of drug-likeness (QED) is 0.739. The molecule has 0 aliphatic heterocycles. The maximum atomic E-state index is 11.8. The van der Waals surface area contributed by atoms with Crippen LogP contribution in [0.5, 0.6) is 0 Å². The first-order valence-electron chi connectivity index (χ1n) is 6.47. The molecule has 1 unspecified atom stereocenters. The third-order valence-electron chi connectivity index (χ3n) is 2.76. The minimum absolute atomic E-state index is 0.170. The summed E-state index contributed by atoms with van der Waals surface area (Å²) in [5.74, 6) is -1.00. The van der Waals surface area contributed by atoms with Crippen molar-refractivity contribution in [1.29, 1.82) is 0 Å². The van der Waals surface area contributed by atoms with E-state index in [-0.39, 0.29) is 12.3 Å². The van der Waals surface area contributed by atoms with E-state index >= 15 is 0 Å². The van der Waals surface area contributed by atoms with Crippen molar-refractivity contribution in [3.8, 4) is 0 Å². The van der Waals surface area contributed by atoms with E-state index in [9.17, 15) is 9.59 Å². The van der Waals surface area contributed by atoms with Crippen LogP contribution >= 0.6 is 0 Å². The van der Waals surface area contributed by atoms with Gasteiger partial charge in [-0.1, -0.05) is 25.5 Å². The van der Waals surface area contributed by atoms with Crippen LogP contribution in [0.1, 0.15) is 55.8 Å². The van der Waals surface area contributed by atoms with Crippen LogP contribution in [0.3, 0.4) is 0 Å². The summed E-state index contributed by atoms with van der Waals surface area (Å²) in [6.45, 7) is 5.79. The molecule has 2 N–H and O–H groups in total. The van der Waals surface area contributed by atoms with E-state index in [1.165, 1.54) is 4.68 Å². The van der Waals surface area contributed by atoms with Crippen LogP contribution in [0.2, 0.25) is 0 Å². The van der Waals surface area contributed by atoms with Crippen molar-refractivity contribution in [3.63, 3.8) is 0 Å². The molecule has 7 heteroatoms. The van der Waals surface area contributed by atoms with Crippen molar-refractivity contribution >= 4 is 11.9 Å². The fourth-order valence-electron chi connectivity index (χ4n) is 1.89. The van der Waals surface area contributed by atoms with Crippen molar-refractivity contribution in [2.24, 2.45) is 5.73 Å².